The molecule has 0 aliphatic carbocycles. The van der Waals surface area contributed by atoms with Gasteiger partial charge in [0.15, 0.2) is 6.79 Å². The quantitative estimate of drug-likeness (QED) is 0.488. The predicted molar refractivity (Wildman–Crippen MR) is 36.7 cm³/mol. The highest BCUT2D eigenvalue weighted by molar-refractivity contribution is 5.17. The number of halogens is 1. The molecule has 60 valence electrons. The maximum Gasteiger partial charge on any atom is 0.216 e. The highest BCUT2D eigenvalue weighted by Gasteiger charge is 1.94. The van der Waals surface area contributed by atoms with Crippen molar-refractivity contribution in [3.05, 3.63) is 24.3 Å². The molecule has 0 aliphatic heterocycles. The minimum Gasteiger partial charge on any atom is -0.467 e. The first-order valence-corrected chi connectivity index (χ1v) is 3.06. The number of hydrogen-bond acceptors (Lipinski definition) is 3. The fraction of sp³-hybridized carbons (Fsp3) is 0.286. The van der Waals surface area contributed by atoms with Crippen LogP contribution < -0.4 is 4.74 Å². The molecule has 0 saturated carbocycles. The van der Waals surface area contributed by atoms with Gasteiger partial charge in [0.05, 0.1) is 0 Å². The molecule has 0 N–H and O–H groups in total. The van der Waals surface area contributed by atoms with E-state index in [1.165, 1.54) is 19.4 Å². The first-order valence-electron chi connectivity index (χ1n) is 3.06. The Labute approximate surface area is 63.8 Å². The molecular formula is C7H8FNO2. The first kappa shape index (κ1) is 7.94. The van der Waals surface area contributed by atoms with Gasteiger partial charge in [0.1, 0.15) is 5.75 Å². The van der Waals surface area contributed by atoms with Gasteiger partial charge in [0.25, 0.3) is 0 Å². The standard InChI is InChI=1S/C7H8FNO2/c1-10-5-11-6-2-3-9-7(8)4-6/h2-4H,5H2,1H3. The first-order chi connectivity index (χ1) is 5.33. The molecule has 0 amide bonds. The van der Waals surface area contributed by atoms with Crippen molar-refractivity contribution in [1.29, 1.82) is 0 Å². The summed E-state index contributed by atoms with van der Waals surface area (Å²) < 4.78 is 21.9. The molecule has 0 spiro atoms. The summed E-state index contributed by atoms with van der Waals surface area (Å²) in [5.41, 5.74) is 0. The number of hydrogen-bond donors (Lipinski definition) is 0. The molecule has 0 fully saturated rings. The summed E-state index contributed by atoms with van der Waals surface area (Å²) in [7, 11) is 1.50. The largest absolute Gasteiger partial charge is 0.467 e. The van der Waals surface area contributed by atoms with Crippen molar-refractivity contribution in [3.63, 3.8) is 0 Å². The van der Waals surface area contributed by atoms with Crippen LogP contribution in [0.15, 0.2) is 18.3 Å². The van der Waals surface area contributed by atoms with E-state index in [1.807, 2.05) is 0 Å². The van der Waals surface area contributed by atoms with E-state index >= 15 is 0 Å². The summed E-state index contributed by atoms with van der Waals surface area (Å²) >= 11 is 0. The zero-order chi connectivity index (χ0) is 8.10. The monoisotopic (exact) mass is 157 g/mol. The summed E-state index contributed by atoms with van der Waals surface area (Å²) in [6, 6.07) is 2.75. The summed E-state index contributed by atoms with van der Waals surface area (Å²) in [4.78, 5) is 3.36. The maximum atomic E-state index is 12.4. The molecule has 0 radical (unpaired) electrons. The van der Waals surface area contributed by atoms with E-state index in [0.717, 1.165) is 0 Å². The fourth-order valence-corrected chi connectivity index (χ4v) is 0.601. The van der Waals surface area contributed by atoms with Gasteiger partial charge in [-0.1, -0.05) is 0 Å². The lowest BCUT2D eigenvalue weighted by molar-refractivity contribution is 0.0508. The molecule has 0 atom stereocenters. The van der Waals surface area contributed by atoms with Crippen LogP contribution in [-0.2, 0) is 4.74 Å². The van der Waals surface area contributed by atoms with Crippen molar-refractivity contribution in [2.75, 3.05) is 13.9 Å². The molecule has 1 heterocycles. The van der Waals surface area contributed by atoms with Crippen molar-refractivity contribution in [1.82, 2.24) is 4.98 Å². The summed E-state index contributed by atoms with van der Waals surface area (Å²) in [6.07, 6.45) is 1.33. The lowest BCUT2D eigenvalue weighted by Gasteiger charge is -2.02. The lowest BCUT2D eigenvalue weighted by Crippen LogP contribution is -1.99. The smallest absolute Gasteiger partial charge is 0.216 e. The van der Waals surface area contributed by atoms with Crippen molar-refractivity contribution in [2.45, 2.75) is 0 Å². The second-order valence-corrected chi connectivity index (χ2v) is 1.87. The molecule has 1 rings (SSSR count). The molecule has 0 aliphatic rings. The minimum absolute atomic E-state index is 0.115. The van der Waals surface area contributed by atoms with Crippen LogP contribution in [-0.4, -0.2) is 18.9 Å². The number of nitrogens with zero attached hydrogens (tertiary/aromatic N) is 1. The zero-order valence-electron chi connectivity index (χ0n) is 6.08. The van der Waals surface area contributed by atoms with Gasteiger partial charge in [0, 0.05) is 19.4 Å². The highest BCUT2D eigenvalue weighted by Crippen LogP contribution is 2.08. The normalized spacial score (nSPS) is 9.64. The average molecular weight is 157 g/mol. The van der Waals surface area contributed by atoms with Gasteiger partial charge < -0.3 is 9.47 Å². The van der Waals surface area contributed by atoms with Crippen LogP contribution >= 0.6 is 0 Å². The molecule has 3 nitrogen and oxygen atoms in total. The Morgan fingerprint density at radius 3 is 3.09 bits per heavy atom. The summed E-state index contributed by atoms with van der Waals surface area (Å²) in [5.74, 6) is -0.141. The average Bonchev–Trinajstić information content (AvgIpc) is 2.01. The van der Waals surface area contributed by atoms with E-state index in [0.29, 0.717) is 5.75 Å². The van der Waals surface area contributed by atoms with Crippen LogP contribution in [0.5, 0.6) is 5.75 Å². The second-order valence-electron chi connectivity index (χ2n) is 1.87. The topological polar surface area (TPSA) is 31.4 Å². The van der Waals surface area contributed by atoms with Gasteiger partial charge in [-0.3, -0.25) is 0 Å². The molecule has 0 aromatic carbocycles. The van der Waals surface area contributed by atoms with Crippen LogP contribution in [0.25, 0.3) is 0 Å². The SMILES string of the molecule is COCOc1ccnc(F)c1. The van der Waals surface area contributed by atoms with E-state index in [2.05, 4.69) is 9.72 Å². The van der Waals surface area contributed by atoms with Crippen LogP contribution in [0.3, 0.4) is 0 Å². The number of pyridine rings is 1. The van der Waals surface area contributed by atoms with Gasteiger partial charge in [-0.2, -0.15) is 4.39 Å². The number of ether oxygens (including phenoxy) is 2. The Balaban J connectivity index is 2.56. The summed E-state index contributed by atoms with van der Waals surface area (Å²) in [5, 5.41) is 0. The van der Waals surface area contributed by atoms with Crippen LogP contribution in [0.4, 0.5) is 4.39 Å². The van der Waals surface area contributed by atoms with Crippen molar-refractivity contribution >= 4 is 0 Å². The number of methoxy groups -OCH3 is 1. The van der Waals surface area contributed by atoms with Crippen LogP contribution in [0, 0.1) is 5.95 Å². The third-order valence-corrected chi connectivity index (χ3v) is 1.04. The van der Waals surface area contributed by atoms with Gasteiger partial charge in [-0.05, 0) is 6.07 Å². The number of rotatable bonds is 3. The Hall–Kier alpha value is -1.16. The lowest BCUT2D eigenvalue weighted by atomic mass is 10.4. The second kappa shape index (κ2) is 3.88. The predicted octanol–water partition coefficient (Wildman–Crippen LogP) is 1.20. The molecule has 4 heteroatoms. The Morgan fingerprint density at radius 1 is 1.64 bits per heavy atom. The van der Waals surface area contributed by atoms with Crippen LogP contribution in [0.2, 0.25) is 0 Å². The van der Waals surface area contributed by atoms with E-state index in [-0.39, 0.29) is 6.79 Å². The maximum absolute atomic E-state index is 12.4. The summed E-state index contributed by atoms with van der Waals surface area (Å²) in [6.45, 7) is 0.115. The van der Waals surface area contributed by atoms with E-state index in [9.17, 15) is 4.39 Å². The van der Waals surface area contributed by atoms with E-state index in [4.69, 9.17) is 4.74 Å². The Kier molecular flexibility index (Phi) is 2.80. The van der Waals surface area contributed by atoms with Gasteiger partial charge in [0.2, 0.25) is 5.95 Å². The van der Waals surface area contributed by atoms with Crippen molar-refractivity contribution < 1.29 is 13.9 Å². The Morgan fingerprint density at radius 2 is 2.45 bits per heavy atom. The van der Waals surface area contributed by atoms with Crippen molar-refractivity contribution in [3.8, 4) is 5.75 Å². The minimum atomic E-state index is -0.557. The Bertz CT molecular complexity index is 229. The van der Waals surface area contributed by atoms with Crippen LogP contribution in [0.1, 0.15) is 0 Å². The van der Waals surface area contributed by atoms with Gasteiger partial charge >= 0.3 is 0 Å². The van der Waals surface area contributed by atoms with E-state index in [1.54, 1.807) is 6.07 Å². The molecule has 0 saturated heterocycles. The third-order valence-electron chi connectivity index (χ3n) is 1.04. The number of aromatic nitrogens is 1. The van der Waals surface area contributed by atoms with Gasteiger partial charge in [-0.25, -0.2) is 4.98 Å². The zero-order valence-corrected chi connectivity index (χ0v) is 6.08. The van der Waals surface area contributed by atoms with Crippen molar-refractivity contribution in [2.24, 2.45) is 0 Å². The highest BCUT2D eigenvalue weighted by atomic mass is 19.1. The molecule has 1 aromatic rings. The molecule has 11 heavy (non-hydrogen) atoms. The molecule has 0 unspecified atom stereocenters. The molecular weight excluding hydrogens is 149 g/mol. The van der Waals surface area contributed by atoms with Gasteiger partial charge in [-0.15, -0.1) is 0 Å². The molecule has 0 bridgehead atoms. The fourth-order valence-electron chi connectivity index (χ4n) is 0.601. The third kappa shape index (κ3) is 2.51. The van der Waals surface area contributed by atoms with E-state index < -0.39 is 5.95 Å². The molecule has 1 aromatic heterocycles.